The summed E-state index contributed by atoms with van der Waals surface area (Å²) >= 11 is 0. The summed E-state index contributed by atoms with van der Waals surface area (Å²) in [4.78, 5) is 6.25. The molecule has 1 saturated heterocycles. The Morgan fingerprint density at radius 1 is 1.36 bits per heavy atom. The van der Waals surface area contributed by atoms with Crippen LogP contribution in [0.5, 0.6) is 0 Å². The molecule has 0 spiro atoms. The summed E-state index contributed by atoms with van der Waals surface area (Å²) in [5.74, 6) is 0. The van der Waals surface area contributed by atoms with E-state index in [4.69, 9.17) is 0 Å². The molecule has 0 aromatic heterocycles. The molecule has 1 fully saturated rings. The van der Waals surface area contributed by atoms with Crippen molar-refractivity contribution in [2.75, 3.05) is 20.1 Å². The van der Waals surface area contributed by atoms with Gasteiger partial charge in [0.1, 0.15) is 0 Å². The highest BCUT2D eigenvalue weighted by molar-refractivity contribution is 5.73. The Hall–Kier alpha value is -0.630. The van der Waals surface area contributed by atoms with E-state index >= 15 is 0 Å². The molecule has 2 aliphatic rings. The van der Waals surface area contributed by atoms with Crippen molar-refractivity contribution in [2.45, 2.75) is 39.7 Å². The fourth-order valence-electron chi connectivity index (χ4n) is 1.38. The van der Waals surface area contributed by atoms with Gasteiger partial charge in [0.15, 0.2) is 0 Å². The quantitative estimate of drug-likeness (QED) is 0.581. The molecule has 2 nitrogen and oxygen atoms in total. The third-order valence-corrected chi connectivity index (χ3v) is 2.42. The van der Waals surface area contributed by atoms with Gasteiger partial charge < -0.3 is 4.90 Å². The highest BCUT2D eigenvalue weighted by Crippen LogP contribution is 2.12. The molecule has 1 atom stereocenters. The van der Waals surface area contributed by atoms with Crippen molar-refractivity contribution in [3.8, 4) is 0 Å². The van der Waals surface area contributed by atoms with Gasteiger partial charge in [-0.2, -0.15) is 0 Å². The van der Waals surface area contributed by atoms with Crippen LogP contribution in [0.2, 0.25) is 0 Å². The highest BCUT2D eigenvalue weighted by Gasteiger charge is 2.14. The summed E-state index contributed by atoms with van der Waals surface area (Å²) in [7, 11) is 2.19. The third kappa shape index (κ3) is 5.92. The molecule has 0 aromatic rings. The SMILES string of the molecule is C1=CCN=C1.CC.CC1CCCN1C. The van der Waals surface area contributed by atoms with Gasteiger partial charge in [0.2, 0.25) is 0 Å². The Morgan fingerprint density at radius 2 is 2.07 bits per heavy atom. The van der Waals surface area contributed by atoms with E-state index in [1.165, 1.54) is 19.4 Å². The molecule has 0 aromatic carbocycles. The predicted molar refractivity (Wildman–Crippen MR) is 65.2 cm³/mol. The summed E-state index contributed by atoms with van der Waals surface area (Å²) in [6, 6.07) is 0.847. The van der Waals surface area contributed by atoms with Crippen LogP contribution >= 0.6 is 0 Å². The molecule has 0 bridgehead atoms. The van der Waals surface area contributed by atoms with Crippen LogP contribution in [0.25, 0.3) is 0 Å². The van der Waals surface area contributed by atoms with Gasteiger partial charge in [-0.3, -0.25) is 4.99 Å². The van der Waals surface area contributed by atoms with Gasteiger partial charge in [-0.05, 0) is 39.4 Å². The summed E-state index contributed by atoms with van der Waals surface area (Å²) in [6.07, 6.45) is 8.56. The fourth-order valence-corrected chi connectivity index (χ4v) is 1.38. The molecular weight excluding hydrogens is 172 g/mol. The maximum Gasteiger partial charge on any atom is 0.0573 e. The highest BCUT2D eigenvalue weighted by atomic mass is 15.1. The third-order valence-electron chi connectivity index (χ3n) is 2.42. The lowest BCUT2D eigenvalue weighted by atomic mass is 10.3. The Balaban J connectivity index is 0.000000213. The molecule has 0 N–H and O–H groups in total. The van der Waals surface area contributed by atoms with E-state index < -0.39 is 0 Å². The zero-order chi connectivity index (χ0) is 10.8. The minimum absolute atomic E-state index is 0.847. The van der Waals surface area contributed by atoms with E-state index in [1.54, 1.807) is 6.21 Å². The zero-order valence-corrected chi connectivity index (χ0v) is 10.0. The minimum Gasteiger partial charge on any atom is -0.304 e. The molecule has 2 rings (SSSR count). The van der Waals surface area contributed by atoms with E-state index in [0.29, 0.717) is 0 Å². The first-order valence-corrected chi connectivity index (χ1v) is 5.66. The topological polar surface area (TPSA) is 15.6 Å². The minimum atomic E-state index is 0.847. The van der Waals surface area contributed by atoms with E-state index in [9.17, 15) is 0 Å². The molecular formula is C12H24N2. The van der Waals surface area contributed by atoms with Crippen molar-refractivity contribution in [1.82, 2.24) is 4.90 Å². The number of hydrogen-bond donors (Lipinski definition) is 0. The van der Waals surface area contributed by atoms with Gasteiger partial charge in [-0.1, -0.05) is 19.9 Å². The molecule has 2 aliphatic heterocycles. The van der Waals surface area contributed by atoms with Gasteiger partial charge in [-0.15, -0.1) is 0 Å². The first kappa shape index (κ1) is 13.4. The summed E-state index contributed by atoms with van der Waals surface area (Å²) in [5, 5.41) is 0. The van der Waals surface area contributed by atoms with Gasteiger partial charge in [0.05, 0.1) is 6.54 Å². The van der Waals surface area contributed by atoms with E-state index in [2.05, 4.69) is 23.9 Å². The summed E-state index contributed by atoms with van der Waals surface area (Å²) in [6.45, 7) is 8.48. The number of hydrogen-bond acceptors (Lipinski definition) is 2. The summed E-state index contributed by atoms with van der Waals surface area (Å²) < 4.78 is 0. The molecule has 1 unspecified atom stereocenters. The number of aliphatic imine (C=N–C) groups is 1. The van der Waals surface area contributed by atoms with Gasteiger partial charge in [-0.25, -0.2) is 0 Å². The van der Waals surface area contributed by atoms with Crippen LogP contribution in [0.15, 0.2) is 17.1 Å². The number of nitrogens with zero attached hydrogens (tertiary/aromatic N) is 2. The van der Waals surface area contributed by atoms with Crippen LogP contribution in [0.1, 0.15) is 33.6 Å². The average molecular weight is 196 g/mol. The standard InChI is InChI=1S/C6H13N.C4H5N.C2H6/c1-6-4-3-5-7(6)2;1-2-4-5-3-1;1-2/h6H,3-5H2,1-2H3;1-3H,4H2;1-2H3. The van der Waals surface area contributed by atoms with Crippen molar-refractivity contribution in [2.24, 2.45) is 4.99 Å². The molecule has 14 heavy (non-hydrogen) atoms. The van der Waals surface area contributed by atoms with Crippen LogP contribution in [0.3, 0.4) is 0 Å². The van der Waals surface area contributed by atoms with Crippen LogP contribution in [0, 0.1) is 0 Å². The van der Waals surface area contributed by atoms with Crippen LogP contribution in [-0.2, 0) is 0 Å². The summed E-state index contributed by atoms with van der Waals surface area (Å²) in [5.41, 5.74) is 0. The normalized spacial score (nSPS) is 23.9. The van der Waals surface area contributed by atoms with Gasteiger partial charge in [0, 0.05) is 12.3 Å². The van der Waals surface area contributed by atoms with Gasteiger partial charge >= 0.3 is 0 Å². The smallest absolute Gasteiger partial charge is 0.0573 e. The van der Waals surface area contributed by atoms with Crippen LogP contribution in [0.4, 0.5) is 0 Å². The molecule has 82 valence electrons. The number of likely N-dealkylation sites (tertiary alicyclic amines) is 1. The second-order valence-electron chi connectivity index (χ2n) is 3.41. The molecule has 0 saturated carbocycles. The van der Waals surface area contributed by atoms with E-state index in [1.807, 2.05) is 26.0 Å². The lowest BCUT2D eigenvalue weighted by molar-refractivity contribution is 0.331. The van der Waals surface area contributed by atoms with Gasteiger partial charge in [0.25, 0.3) is 0 Å². The number of rotatable bonds is 0. The molecule has 2 heterocycles. The molecule has 0 amide bonds. The van der Waals surface area contributed by atoms with Crippen LogP contribution < -0.4 is 0 Å². The maximum absolute atomic E-state index is 3.85. The Kier molecular flexibility index (Phi) is 8.54. The first-order chi connectivity index (χ1) is 6.80. The largest absolute Gasteiger partial charge is 0.304 e. The second kappa shape index (κ2) is 8.95. The van der Waals surface area contributed by atoms with Crippen molar-refractivity contribution in [3.63, 3.8) is 0 Å². The van der Waals surface area contributed by atoms with Crippen LogP contribution in [-0.4, -0.2) is 37.3 Å². The fraction of sp³-hybridized carbons (Fsp3) is 0.750. The Morgan fingerprint density at radius 3 is 2.21 bits per heavy atom. The lowest BCUT2D eigenvalue weighted by Gasteiger charge is -2.12. The zero-order valence-electron chi connectivity index (χ0n) is 10.0. The van der Waals surface area contributed by atoms with E-state index in [-0.39, 0.29) is 0 Å². The predicted octanol–water partition coefficient (Wildman–Crippen LogP) is 2.75. The van der Waals surface area contributed by atoms with E-state index in [0.717, 1.165) is 12.6 Å². The molecule has 0 radical (unpaired) electrons. The lowest BCUT2D eigenvalue weighted by Crippen LogP contribution is -2.20. The number of allylic oxidation sites excluding steroid dienone is 1. The van der Waals surface area contributed by atoms with Crippen molar-refractivity contribution < 1.29 is 0 Å². The van der Waals surface area contributed by atoms with Crippen molar-refractivity contribution in [3.05, 3.63) is 12.2 Å². The Labute approximate surface area is 88.7 Å². The molecule has 2 heteroatoms. The monoisotopic (exact) mass is 196 g/mol. The first-order valence-electron chi connectivity index (χ1n) is 5.66. The van der Waals surface area contributed by atoms with Crippen molar-refractivity contribution >= 4 is 6.21 Å². The Bertz CT molecular complexity index is 155. The maximum atomic E-state index is 3.85. The van der Waals surface area contributed by atoms with Crippen molar-refractivity contribution in [1.29, 1.82) is 0 Å². The second-order valence-corrected chi connectivity index (χ2v) is 3.41. The average Bonchev–Trinajstić information content (AvgIpc) is 2.86. The molecule has 0 aliphatic carbocycles.